The summed E-state index contributed by atoms with van der Waals surface area (Å²) in [4.78, 5) is 39.9. The molecule has 0 atom stereocenters. The van der Waals surface area contributed by atoms with Crippen molar-refractivity contribution in [3.63, 3.8) is 0 Å². The maximum Gasteiger partial charge on any atom is 0.410 e. The van der Waals surface area contributed by atoms with Gasteiger partial charge in [0.2, 0.25) is 11.8 Å². The van der Waals surface area contributed by atoms with E-state index in [2.05, 4.69) is 5.32 Å². The quantitative estimate of drug-likeness (QED) is 0.858. The SMILES string of the molecule is Cc1ccc(NC(=O)CCC(=O)N2CCN(C(=O)OC(C)(C)C)CC2)cc1C. The Hall–Kier alpha value is -2.57. The van der Waals surface area contributed by atoms with Crippen molar-refractivity contribution < 1.29 is 19.1 Å². The second-order valence-electron chi connectivity index (χ2n) is 8.20. The Bertz CT molecular complexity index is 732. The van der Waals surface area contributed by atoms with Crippen molar-refractivity contribution >= 4 is 23.6 Å². The minimum atomic E-state index is -0.534. The van der Waals surface area contributed by atoms with Gasteiger partial charge in [-0.2, -0.15) is 0 Å². The lowest BCUT2D eigenvalue weighted by molar-refractivity contribution is -0.134. The summed E-state index contributed by atoms with van der Waals surface area (Å²) in [5.41, 5.74) is 2.48. The summed E-state index contributed by atoms with van der Waals surface area (Å²) >= 11 is 0. The van der Waals surface area contributed by atoms with Crippen LogP contribution in [-0.4, -0.2) is 59.5 Å². The smallest absolute Gasteiger partial charge is 0.410 e. The number of anilines is 1. The van der Waals surface area contributed by atoms with Crippen LogP contribution >= 0.6 is 0 Å². The molecule has 1 heterocycles. The molecule has 3 amide bonds. The van der Waals surface area contributed by atoms with Crippen LogP contribution in [0.5, 0.6) is 0 Å². The number of nitrogens with one attached hydrogen (secondary N) is 1. The summed E-state index contributed by atoms with van der Waals surface area (Å²) in [5.74, 6) is -0.247. The number of carbonyl (C=O) groups excluding carboxylic acids is 3. The molecule has 0 bridgehead atoms. The van der Waals surface area contributed by atoms with Gasteiger partial charge >= 0.3 is 6.09 Å². The van der Waals surface area contributed by atoms with Crippen LogP contribution in [0.15, 0.2) is 18.2 Å². The fraction of sp³-hybridized carbons (Fsp3) is 0.571. The molecule has 7 nitrogen and oxygen atoms in total. The highest BCUT2D eigenvalue weighted by Crippen LogP contribution is 2.15. The first-order valence-electron chi connectivity index (χ1n) is 9.68. The molecule has 28 heavy (non-hydrogen) atoms. The molecule has 2 rings (SSSR count). The molecule has 0 spiro atoms. The molecule has 0 aromatic heterocycles. The van der Waals surface area contributed by atoms with E-state index in [1.165, 1.54) is 5.56 Å². The van der Waals surface area contributed by atoms with Crippen LogP contribution in [0.4, 0.5) is 10.5 Å². The van der Waals surface area contributed by atoms with Gasteiger partial charge in [0.1, 0.15) is 5.60 Å². The largest absolute Gasteiger partial charge is 0.444 e. The molecule has 0 aliphatic carbocycles. The van der Waals surface area contributed by atoms with Crippen LogP contribution in [0.3, 0.4) is 0 Å². The first kappa shape index (κ1) is 21.7. The van der Waals surface area contributed by atoms with Gasteiger partial charge in [0.05, 0.1) is 0 Å². The van der Waals surface area contributed by atoms with E-state index in [0.717, 1.165) is 11.3 Å². The number of hydrogen-bond donors (Lipinski definition) is 1. The molecule has 1 aromatic carbocycles. The lowest BCUT2D eigenvalue weighted by Gasteiger charge is -2.35. The molecule has 1 aliphatic rings. The molecule has 1 aliphatic heterocycles. The van der Waals surface area contributed by atoms with Gasteiger partial charge in [-0.05, 0) is 57.9 Å². The van der Waals surface area contributed by atoms with E-state index in [4.69, 9.17) is 4.74 Å². The van der Waals surface area contributed by atoms with Crippen molar-refractivity contribution in [1.29, 1.82) is 0 Å². The summed E-state index contributed by atoms with van der Waals surface area (Å²) in [5, 5.41) is 2.83. The predicted octanol–water partition coefficient (Wildman–Crippen LogP) is 3.10. The third-order valence-corrected chi connectivity index (χ3v) is 4.64. The van der Waals surface area contributed by atoms with Crippen molar-refractivity contribution in [2.45, 2.75) is 53.1 Å². The van der Waals surface area contributed by atoms with Crippen molar-refractivity contribution in [3.05, 3.63) is 29.3 Å². The fourth-order valence-corrected chi connectivity index (χ4v) is 2.89. The summed E-state index contributed by atoms with van der Waals surface area (Å²) in [6.07, 6.45) is -0.0615. The number of benzene rings is 1. The molecule has 1 aromatic rings. The topological polar surface area (TPSA) is 79.0 Å². The number of piperazine rings is 1. The zero-order valence-corrected chi connectivity index (χ0v) is 17.5. The summed E-state index contributed by atoms with van der Waals surface area (Å²) in [6.45, 7) is 11.3. The summed E-state index contributed by atoms with van der Waals surface area (Å²) in [7, 11) is 0. The maximum absolute atomic E-state index is 12.4. The van der Waals surface area contributed by atoms with E-state index in [1.807, 2.05) is 52.8 Å². The summed E-state index contributed by atoms with van der Waals surface area (Å²) < 4.78 is 5.35. The number of amides is 3. The van der Waals surface area contributed by atoms with Gasteiger partial charge < -0.3 is 19.9 Å². The Morgan fingerprint density at radius 2 is 1.57 bits per heavy atom. The highest BCUT2D eigenvalue weighted by atomic mass is 16.6. The van der Waals surface area contributed by atoms with E-state index in [9.17, 15) is 14.4 Å². The standard InChI is InChI=1S/C21H31N3O4/c1-15-6-7-17(14-16(15)2)22-18(25)8-9-19(26)23-10-12-24(13-11-23)20(27)28-21(3,4)5/h6-7,14H,8-13H2,1-5H3,(H,22,25). The minimum Gasteiger partial charge on any atom is -0.444 e. The summed E-state index contributed by atoms with van der Waals surface area (Å²) in [6, 6.07) is 5.74. The molecule has 0 radical (unpaired) electrons. The van der Waals surface area contributed by atoms with Crippen LogP contribution < -0.4 is 5.32 Å². The molecule has 1 fully saturated rings. The van der Waals surface area contributed by atoms with Gasteiger partial charge in [-0.1, -0.05) is 6.07 Å². The minimum absolute atomic E-state index is 0.0703. The number of ether oxygens (including phenoxy) is 1. The van der Waals surface area contributed by atoms with Gasteiger partial charge in [0.15, 0.2) is 0 Å². The zero-order valence-electron chi connectivity index (χ0n) is 17.5. The number of rotatable bonds is 4. The van der Waals surface area contributed by atoms with Crippen LogP contribution in [0.2, 0.25) is 0 Å². The lowest BCUT2D eigenvalue weighted by atomic mass is 10.1. The molecule has 0 unspecified atom stereocenters. The second-order valence-corrected chi connectivity index (χ2v) is 8.20. The molecule has 1 saturated heterocycles. The van der Waals surface area contributed by atoms with Gasteiger partial charge in [0.25, 0.3) is 0 Å². The zero-order chi connectivity index (χ0) is 20.9. The van der Waals surface area contributed by atoms with E-state index < -0.39 is 5.60 Å². The van der Waals surface area contributed by atoms with Gasteiger partial charge in [-0.3, -0.25) is 9.59 Å². The Kier molecular flexibility index (Phi) is 7.05. The highest BCUT2D eigenvalue weighted by Gasteiger charge is 2.27. The van der Waals surface area contributed by atoms with E-state index in [1.54, 1.807) is 9.80 Å². The van der Waals surface area contributed by atoms with Gasteiger partial charge in [-0.15, -0.1) is 0 Å². The Labute approximate surface area is 167 Å². The Balaban J connectivity index is 1.74. The number of carbonyl (C=O) groups is 3. The van der Waals surface area contributed by atoms with Crippen LogP contribution in [0, 0.1) is 13.8 Å². The van der Waals surface area contributed by atoms with Crippen molar-refractivity contribution in [2.75, 3.05) is 31.5 Å². The average Bonchev–Trinajstić information content (AvgIpc) is 2.61. The third kappa shape index (κ3) is 6.55. The predicted molar refractivity (Wildman–Crippen MR) is 108 cm³/mol. The molecular formula is C21H31N3O4. The van der Waals surface area contributed by atoms with E-state index in [-0.39, 0.29) is 30.7 Å². The first-order chi connectivity index (χ1) is 13.0. The normalized spacial score (nSPS) is 14.6. The number of nitrogens with zero attached hydrogens (tertiary/aromatic N) is 2. The second kappa shape index (κ2) is 9.08. The molecule has 0 saturated carbocycles. The maximum atomic E-state index is 12.4. The van der Waals surface area contributed by atoms with Crippen LogP contribution in [0.25, 0.3) is 0 Å². The van der Waals surface area contributed by atoms with Crippen molar-refractivity contribution in [3.8, 4) is 0 Å². The molecule has 7 heteroatoms. The van der Waals surface area contributed by atoms with Crippen molar-refractivity contribution in [2.24, 2.45) is 0 Å². The van der Waals surface area contributed by atoms with Crippen LogP contribution in [0.1, 0.15) is 44.7 Å². The Morgan fingerprint density at radius 3 is 2.14 bits per heavy atom. The first-order valence-corrected chi connectivity index (χ1v) is 9.68. The third-order valence-electron chi connectivity index (χ3n) is 4.64. The fourth-order valence-electron chi connectivity index (χ4n) is 2.89. The molecule has 1 N–H and O–H groups in total. The van der Waals surface area contributed by atoms with E-state index in [0.29, 0.717) is 26.2 Å². The van der Waals surface area contributed by atoms with Crippen LogP contribution in [-0.2, 0) is 14.3 Å². The van der Waals surface area contributed by atoms with Gasteiger partial charge in [0, 0.05) is 44.7 Å². The van der Waals surface area contributed by atoms with Gasteiger partial charge in [-0.25, -0.2) is 4.79 Å². The molecular weight excluding hydrogens is 358 g/mol. The average molecular weight is 389 g/mol. The number of hydrogen-bond acceptors (Lipinski definition) is 4. The van der Waals surface area contributed by atoms with Crippen molar-refractivity contribution in [1.82, 2.24) is 9.80 Å². The number of aryl methyl sites for hydroxylation is 2. The Morgan fingerprint density at radius 1 is 0.964 bits per heavy atom. The highest BCUT2D eigenvalue weighted by molar-refractivity contribution is 5.93. The van der Waals surface area contributed by atoms with E-state index >= 15 is 0 Å². The monoisotopic (exact) mass is 389 g/mol. The molecule has 154 valence electrons. The lowest BCUT2D eigenvalue weighted by Crippen LogP contribution is -2.51.